The van der Waals surface area contributed by atoms with Crippen LogP contribution in [0, 0.1) is 23.0 Å². The number of benzene rings is 1. The molecular formula is C21H17F2N7O2S. The van der Waals surface area contributed by atoms with E-state index in [1.807, 2.05) is 0 Å². The molecule has 33 heavy (non-hydrogen) atoms. The highest BCUT2D eigenvalue weighted by molar-refractivity contribution is 7.11. The number of amides is 2. The molecule has 5 rings (SSSR count). The third-order valence-electron chi connectivity index (χ3n) is 5.47. The van der Waals surface area contributed by atoms with Crippen LogP contribution >= 0.6 is 11.3 Å². The van der Waals surface area contributed by atoms with Gasteiger partial charge in [-0.3, -0.25) is 4.68 Å². The smallest absolute Gasteiger partial charge is 0.341 e. The molecule has 2 amide bonds. The fourth-order valence-electron chi connectivity index (χ4n) is 3.84. The van der Waals surface area contributed by atoms with Crippen molar-refractivity contribution in [2.45, 2.75) is 18.6 Å². The number of aromatic nitrogens is 3. The predicted octanol–water partition coefficient (Wildman–Crippen LogP) is 3.31. The van der Waals surface area contributed by atoms with Crippen LogP contribution in [0.5, 0.6) is 5.19 Å². The van der Waals surface area contributed by atoms with Crippen molar-refractivity contribution in [1.82, 2.24) is 24.7 Å². The van der Waals surface area contributed by atoms with Crippen LogP contribution in [0.4, 0.5) is 13.6 Å². The van der Waals surface area contributed by atoms with Crippen molar-refractivity contribution in [3.63, 3.8) is 0 Å². The molecule has 0 spiro atoms. The Bertz CT molecular complexity index is 1270. The molecule has 1 atom stereocenters. The molecule has 2 aromatic heterocycles. The van der Waals surface area contributed by atoms with Crippen LogP contribution in [0.3, 0.4) is 0 Å². The lowest BCUT2D eigenvalue weighted by atomic mass is 10.0. The largest absolute Gasteiger partial charge is 0.463 e. The third-order valence-corrected chi connectivity index (χ3v) is 6.20. The van der Waals surface area contributed by atoms with Crippen molar-refractivity contribution in [1.29, 1.82) is 5.26 Å². The number of nitrogens with zero attached hydrogens (tertiary/aromatic N) is 7. The summed E-state index contributed by atoms with van der Waals surface area (Å²) in [4.78, 5) is 18.9. The third kappa shape index (κ3) is 3.91. The molecule has 0 unspecified atom stereocenters. The maximum Gasteiger partial charge on any atom is 0.341 e. The molecule has 1 fully saturated rings. The van der Waals surface area contributed by atoms with Crippen LogP contribution in [0.1, 0.15) is 23.6 Å². The van der Waals surface area contributed by atoms with Crippen molar-refractivity contribution in [2.75, 3.05) is 13.1 Å². The van der Waals surface area contributed by atoms with Gasteiger partial charge in [0.05, 0.1) is 30.9 Å². The summed E-state index contributed by atoms with van der Waals surface area (Å²) in [5.74, 6) is -1.39. The molecule has 1 saturated heterocycles. The van der Waals surface area contributed by atoms with Gasteiger partial charge in [-0.15, -0.1) is 0 Å². The van der Waals surface area contributed by atoms with Gasteiger partial charge in [0.25, 0.3) is 5.19 Å². The van der Waals surface area contributed by atoms with Crippen molar-refractivity contribution >= 4 is 23.6 Å². The number of hydrogen-bond acceptors (Lipinski definition) is 7. The minimum Gasteiger partial charge on any atom is -0.463 e. The lowest BCUT2D eigenvalue weighted by Crippen LogP contribution is -2.58. The molecule has 3 aromatic rings. The van der Waals surface area contributed by atoms with E-state index in [4.69, 9.17) is 4.74 Å². The summed E-state index contributed by atoms with van der Waals surface area (Å²) in [7, 11) is 1.73. The van der Waals surface area contributed by atoms with Crippen molar-refractivity contribution in [3.8, 4) is 22.7 Å². The zero-order chi connectivity index (χ0) is 23.1. The Morgan fingerprint density at radius 1 is 1.27 bits per heavy atom. The Morgan fingerprint density at radius 2 is 2.03 bits per heavy atom. The number of ether oxygens (including phenoxy) is 1. The molecular weight excluding hydrogens is 452 g/mol. The van der Waals surface area contributed by atoms with Gasteiger partial charge in [-0.25, -0.2) is 23.6 Å². The average molecular weight is 469 g/mol. The normalized spacial score (nSPS) is 17.8. The van der Waals surface area contributed by atoms with Crippen molar-refractivity contribution in [3.05, 3.63) is 52.5 Å². The number of thiazole rings is 1. The molecule has 1 aromatic carbocycles. The summed E-state index contributed by atoms with van der Waals surface area (Å²) in [6.45, 7) is 0.665. The lowest BCUT2D eigenvalue weighted by Gasteiger charge is -2.40. The number of rotatable bonds is 4. The van der Waals surface area contributed by atoms with Gasteiger partial charge in [0.15, 0.2) is 0 Å². The number of aryl methyl sites for hydroxylation is 1. The fraction of sp³-hybridized carbons (Fsp3) is 0.286. The Morgan fingerprint density at radius 3 is 2.76 bits per heavy atom. The second kappa shape index (κ2) is 8.25. The number of urea groups is 1. The van der Waals surface area contributed by atoms with Crippen LogP contribution in [-0.2, 0) is 7.05 Å². The van der Waals surface area contributed by atoms with Gasteiger partial charge < -0.3 is 9.64 Å². The van der Waals surface area contributed by atoms with E-state index in [-0.39, 0.29) is 12.1 Å². The van der Waals surface area contributed by atoms with Gasteiger partial charge in [0, 0.05) is 31.1 Å². The Balaban J connectivity index is 1.21. The second-order valence-corrected chi connectivity index (χ2v) is 8.49. The summed E-state index contributed by atoms with van der Waals surface area (Å²) in [6, 6.07) is 4.40. The first-order chi connectivity index (χ1) is 15.9. The number of nitriles is 1. The Kier molecular flexibility index (Phi) is 5.26. The van der Waals surface area contributed by atoms with E-state index in [0.29, 0.717) is 47.2 Å². The first kappa shape index (κ1) is 21.0. The SMILES string of the molecule is Cn1ncc(C#N)c1-c1csc(OC2CN(C(=O)N3N=CC[C@H]3c3cc(F)cc(F)c3)C2)n1. The van der Waals surface area contributed by atoms with E-state index >= 15 is 0 Å². The van der Waals surface area contributed by atoms with E-state index in [9.17, 15) is 18.8 Å². The van der Waals surface area contributed by atoms with Gasteiger partial charge in [-0.2, -0.15) is 15.5 Å². The summed E-state index contributed by atoms with van der Waals surface area (Å²) in [5, 5.41) is 20.9. The molecule has 0 bridgehead atoms. The number of likely N-dealkylation sites (tertiary alicyclic amines) is 1. The van der Waals surface area contributed by atoms with Crippen LogP contribution in [0.2, 0.25) is 0 Å². The van der Waals surface area contributed by atoms with Crippen molar-refractivity contribution < 1.29 is 18.3 Å². The molecule has 0 aliphatic carbocycles. The highest BCUT2D eigenvalue weighted by Crippen LogP contribution is 2.33. The summed E-state index contributed by atoms with van der Waals surface area (Å²) in [6.07, 6.45) is 3.18. The monoisotopic (exact) mass is 469 g/mol. The van der Waals surface area contributed by atoms with Gasteiger partial charge in [0.1, 0.15) is 35.2 Å². The van der Waals surface area contributed by atoms with E-state index in [2.05, 4.69) is 21.3 Å². The minimum atomic E-state index is -0.697. The van der Waals surface area contributed by atoms with E-state index < -0.39 is 17.7 Å². The summed E-state index contributed by atoms with van der Waals surface area (Å²) < 4.78 is 34.7. The minimum absolute atomic E-state index is 0.244. The lowest BCUT2D eigenvalue weighted by molar-refractivity contribution is 0.0276. The number of halogens is 2. The van der Waals surface area contributed by atoms with Crippen LogP contribution < -0.4 is 4.74 Å². The van der Waals surface area contributed by atoms with Gasteiger partial charge in [-0.05, 0) is 17.7 Å². The first-order valence-corrected chi connectivity index (χ1v) is 10.9. The van der Waals surface area contributed by atoms with Crippen LogP contribution in [0.15, 0.2) is 34.9 Å². The van der Waals surface area contributed by atoms with Gasteiger partial charge >= 0.3 is 6.03 Å². The fourth-order valence-corrected chi connectivity index (χ4v) is 4.56. The highest BCUT2D eigenvalue weighted by atomic mass is 32.1. The number of carbonyl (C=O) groups is 1. The topological polar surface area (TPSA) is 99.6 Å². The van der Waals surface area contributed by atoms with Crippen LogP contribution in [-0.4, -0.2) is 56.1 Å². The summed E-state index contributed by atoms with van der Waals surface area (Å²) >= 11 is 1.30. The van der Waals surface area contributed by atoms with Crippen molar-refractivity contribution in [2.24, 2.45) is 12.1 Å². The maximum atomic E-state index is 13.6. The Hall–Kier alpha value is -3.85. The summed E-state index contributed by atoms with van der Waals surface area (Å²) in [5.41, 5.74) is 1.98. The van der Waals surface area contributed by atoms with Gasteiger partial charge in [0.2, 0.25) is 0 Å². The molecule has 4 heterocycles. The zero-order valence-corrected chi connectivity index (χ0v) is 18.2. The molecule has 9 nitrogen and oxygen atoms in total. The molecule has 0 saturated carbocycles. The first-order valence-electron chi connectivity index (χ1n) is 10.0. The number of carbonyl (C=O) groups excluding carboxylic acids is 1. The molecule has 2 aliphatic heterocycles. The highest BCUT2D eigenvalue weighted by Gasteiger charge is 2.39. The Labute approximate surface area is 191 Å². The quantitative estimate of drug-likeness (QED) is 0.584. The second-order valence-electron chi connectivity index (χ2n) is 7.67. The van der Waals surface area contributed by atoms with E-state index in [1.165, 1.54) is 34.7 Å². The average Bonchev–Trinajstić information content (AvgIpc) is 3.48. The molecule has 0 radical (unpaired) electrons. The predicted molar refractivity (Wildman–Crippen MR) is 114 cm³/mol. The van der Waals surface area contributed by atoms with E-state index in [0.717, 1.165) is 6.07 Å². The zero-order valence-electron chi connectivity index (χ0n) is 17.4. The molecule has 0 N–H and O–H groups in total. The number of hydrogen-bond donors (Lipinski definition) is 0. The maximum absolute atomic E-state index is 13.6. The van der Waals surface area contributed by atoms with Crippen LogP contribution in [0.25, 0.3) is 11.4 Å². The van der Waals surface area contributed by atoms with E-state index in [1.54, 1.807) is 28.2 Å². The standard InChI is InChI=1S/C21H17F2N7O2S/c1-28-19(13(7-24)8-26-28)17-11-33-20(27-17)32-16-9-29(10-16)21(31)30-18(2-3-25-30)12-4-14(22)6-15(23)5-12/h3-6,8,11,16,18H,2,9-10H2,1H3/t18-/m0/s1. The molecule has 2 aliphatic rings. The van der Waals surface area contributed by atoms with Gasteiger partial charge in [-0.1, -0.05) is 11.3 Å². The molecule has 168 valence electrons. The molecule has 12 heteroatoms. The number of hydrazone groups is 1.